The van der Waals surface area contributed by atoms with Crippen LogP contribution >= 0.6 is 15.9 Å². The van der Waals surface area contributed by atoms with E-state index in [2.05, 4.69) is 15.9 Å². The number of aliphatic carboxylic acids is 1. The fourth-order valence-corrected chi connectivity index (χ4v) is 2.59. The van der Waals surface area contributed by atoms with Crippen LogP contribution in [0.25, 0.3) is 6.08 Å². The van der Waals surface area contributed by atoms with Crippen LogP contribution in [-0.2, 0) is 14.3 Å². The van der Waals surface area contributed by atoms with Crippen molar-refractivity contribution in [1.29, 1.82) is 0 Å². The highest BCUT2D eigenvalue weighted by Crippen LogP contribution is 2.28. The summed E-state index contributed by atoms with van der Waals surface area (Å²) in [5.74, 6) is -1.50. The van der Waals surface area contributed by atoms with Crippen LogP contribution in [0.1, 0.15) is 5.56 Å². The summed E-state index contributed by atoms with van der Waals surface area (Å²) in [7, 11) is 0. The predicted molar refractivity (Wildman–Crippen MR) is 82.0 cm³/mol. The van der Waals surface area contributed by atoms with Gasteiger partial charge in [0.25, 0.3) is 0 Å². The van der Waals surface area contributed by atoms with Gasteiger partial charge in [-0.15, -0.1) is 0 Å². The summed E-state index contributed by atoms with van der Waals surface area (Å²) in [5, 5.41) is 8.78. The van der Waals surface area contributed by atoms with Gasteiger partial charge in [0.2, 0.25) is 5.91 Å². The van der Waals surface area contributed by atoms with Crippen LogP contribution in [0.3, 0.4) is 0 Å². The molecule has 1 amide bonds. The Bertz CT molecular complexity index is 588. The number of carboxylic acid groups (broad SMARTS) is 1. The van der Waals surface area contributed by atoms with Crippen LogP contribution in [-0.4, -0.2) is 42.8 Å². The second-order valence-electron chi connectivity index (χ2n) is 4.56. The Morgan fingerprint density at radius 2 is 2.24 bits per heavy atom. The number of hydrogen-bond donors (Lipinski definition) is 2. The summed E-state index contributed by atoms with van der Waals surface area (Å²) < 4.78 is 6.11. The molecular formula is C14H15BrN2O4. The van der Waals surface area contributed by atoms with Crippen molar-refractivity contribution in [2.24, 2.45) is 5.73 Å². The molecule has 1 aromatic carbocycles. The molecule has 1 aromatic rings. The second-order valence-corrected chi connectivity index (χ2v) is 5.48. The number of ether oxygens (including phenoxy) is 1. The van der Waals surface area contributed by atoms with Gasteiger partial charge in [-0.3, -0.25) is 4.79 Å². The van der Waals surface area contributed by atoms with E-state index in [4.69, 9.17) is 15.6 Å². The Hall–Kier alpha value is -1.86. The number of nitrogens with zero attached hydrogens (tertiary/aromatic N) is 1. The standard InChI is InChI=1S/C14H15BrN2O4/c15-10-2-3-11(9(7-10)1-4-13(18)19)17-5-6-21-8-12(17)14(16)20/h1-4,7,12H,5-6,8H2,(H2,16,20)(H,18,19)/b4-1+. The largest absolute Gasteiger partial charge is 0.478 e. The van der Waals surface area contributed by atoms with E-state index >= 15 is 0 Å². The second kappa shape index (κ2) is 6.73. The molecule has 21 heavy (non-hydrogen) atoms. The topological polar surface area (TPSA) is 92.9 Å². The number of anilines is 1. The fraction of sp³-hybridized carbons (Fsp3) is 0.286. The highest BCUT2D eigenvalue weighted by Gasteiger charge is 2.28. The molecule has 112 valence electrons. The van der Waals surface area contributed by atoms with Crippen molar-refractivity contribution in [2.75, 3.05) is 24.7 Å². The number of rotatable bonds is 4. The Balaban J connectivity index is 2.41. The molecule has 1 atom stereocenters. The van der Waals surface area contributed by atoms with E-state index in [9.17, 15) is 9.59 Å². The van der Waals surface area contributed by atoms with Gasteiger partial charge in [0, 0.05) is 22.8 Å². The number of hydrogen-bond acceptors (Lipinski definition) is 4. The number of carboxylic acids is 1. The Kier molecular flexibility index (Phi) is 4.98. The van der Waals surface area contributed by atoms with Crippen molar-refractivity contribution < 1.29 is 19.4 Å². The van der Waals surface area contributed by atoms with Crippen molar-refractivity contribution >= 4 is 39.6 Å². The van der Waals surface area contributed by atoms with Gasteiger partial charge in [-0.1, -0.05) is 15.9 Å². The molecule has 0 spiro atoms. The van der Waals surface area contributed by atoms with E-state index in [1.165, 1.54) is 6.08 Å². The van der Waals surface area contributed by atoms with Gasteiger partial charge in [-0.05, 0) is 29.8 Å². The summed E-state index contributed by atoms with van der Waals surface area (Å²) in [6, 6.07) is 4.90. The zero-order chi connectivity index (χ0) is 15.4. The first-order valence-corrected chi connectivity index (χ1v) is 7.12. The van der Waals surface area contributed by atoms with Gasteiger partial charge >= 0.3 is 5.97 Å². The highest BCUT2D eigenvalue weighted by atomic mass is 79.9. The lowest BCUT2D eigenvalue weighted by Gasteiger charge is -2.36. The van der Waals surface area contributed by atoms with Crippen molar-refractivity contribution in [2.45, 2.75) is 6.04 Å². The van der Waals surface area contributed by atoms with Crippen LogP contribution < -0.4 is 10.6 Å². The number of amides is 1. The zero-order valence-electron chi connectivity index (χ0n) is 11.2. The van der Waals surface area contributed by atoms with Crippen LogP contribution in [0.2, 0.25) is 0 Å². The van der Waals surface area contributed by atoms with Gasteiger partial charge in [0.1, 0.15) is 6.04 Å². The van der Waals surface area contributed by atoms with Gasteiger partial charge in [0.05, 0.1) is 13.2 Å². The third-order valence-electron chi connectivity index (χ3n) is 3.16. The Morgan fingerprint density at radius 3 is 2.90 bits per heavy atom. The lowest BCUT2D eigenvalue weighted by Crippen LogP contribution is -2.52. The van der Waals surface area contributed by atoms with Crippen molar-refractivity contribution in [1.82, 2.24) is 0 Å². The third kappa shape index (κ3) is 3.83. The van der Waals surface area contributed by atoms with Gasteiger partial charge < -0.3 is 20.5 Å². The molecule has 1 unspecified atom stereocenters. The molecule has 2 rings (SSSR count). The molecule has 7 heteroatoms. The summed E-state index contributed by atoms with van der Waals surface area (Å²) in [5.41, 5.74) is 6.86. The van der Waals surface area contributed by atoms with Crippen LogP contribution in [0.4, 0.5) is 5.69 Å². The smallest absolute Gasteiger partial charge is 0.328 e. The first-order valence-electron chi connectivity index (χ1n) is 6.33. The van der Waals surface area contributed by atoms with E-state index in [0.717, 1.165) is 16.2 Å². The molecule has 0 aromatic heterocycles. The maximum atomic E-state index is 11.6. The number of carbonyl (C=O) groups is 2. The number of carbonyl (C=O) groups excluding carboxylic acids is 1. The minimum Gasteiger partial charge on any atom is -0.478 e. The van der Waals surface area contributed by atoms with E-state index in [1.54, 1.807) is 6.07 Å². The molecular weight excluding hydrogens is 340 g/mol. The maximum Gasteiger partial charge on any atom is 0.328 e. The maximum absolute atomic E-state index is 11.6. The fourth-order valence-electron chi connectivity index (χ4n) is 2.21. The zero-order valence-corrected chi connectivity index (χ0v) is 12.7. The molecule has 1 fully saturated rings. The van der Waals surface area contributed by atoms with Gasteiger partial charge in [0.15, 0.2) is 0 Å². The quantitative estimate of drug-likeness (QED) is 0.793. The summed E-state index contributed by atoms with van der Waals surface area (Å²) in [6.07, 6.45) is 2.56. The van der Waals surface area contributed by atoms with E-state index in [1.807, 2.05) is 17.0 Å². The normalized spacial score (nSPS) is 18.9. The minimum absolute atomic E-state index is 0.230. The van der Waals surface area contributed by atoms with Gasteiger partial charge in [-0.2, -0.15) is 0 Å². The number of benzene rings is 1. The molecule has 1 heterocycles. The highest BCUT2D eigenvalue weighted by molar-refractivity contribution is 9.10. The lowest BCUT2D eigenvalue weighted by molar-refractivity contribution is -0.131. The van der Waals surface area contributed by atoms with Crippen LogP contribution in [0, 0.1) is 0 Å². The average molecular weight is 355 g/mol. The van der Waals surface area contributed by atoms with Crippen molar-refractivity contribution in [3.05, 3.63) is 34.3 Å². The molecule has 3 N–H and O–H groups in total. The van der Waals surface area contributed by atoms with E-state index in [-0.39, 0.29) is 6.61 Å². The molecule has 0 saturated carbocycles. The van der Waals surface area contributed by atoms with E-state index < -0.39 is 17.9 Å². The summed E-state index contributed by atoms with van der Waals surface area (Å²) in [6.45, 7) is 1.23. The van der Waals surface area contributed by atoms with Crippen LogP contribution in [0.5, 0.6) is 0 Å². The van der Waals surface area contributed by atoms with Crippen molar-refractivity contribution in [3.8, 4) is 0 Å². The van der Waals surface area contributed by atoms with Crippen LogP contribution in [0.15, 0.2) is 28.7 Å². The molecule has 1 saturated heterocycles. The minimum atomic E-state index is -1.03. The molecule has 0 radical (unpaired) electrons. The first kappa shape index (κ1) is 15.5. The summed E-state index contributed by atoms with van der Waals surface area (Å²) >= 11 is 3.36. The van der Waals surface area contributed by atoms with Gasteiger partial charge in [-0.25, -0.2) is 4.79 Å². The first-order chi connectivity index (χ1) is 9.99. The SMILES string of the molecule is NC(=O)C1COCCN1c1ccc(Br)cc1/C=C/C(=O)O. The molecule has 1 aliphatic heterocycles. The van der Waals surface area contributed by atoms with E-state index in [0.29, 0.717) is 18.7 Å². The Labute approximate surface area is 130 Å². The Morgan fingerprint density at radius 1 is 1.48 bits per heavy atom. The summed E-state index contributed by atoms with van der Waals surface area (Å²) in [4.78, 5) is 24.1. The molecule has 0 aliphatic carbocycles. The lowest BCUT2D eigenvalue weighted by atomic mass is 10.1. The molecule has 1 aliphatic rings. The number of morpholine rings is 1. The molecule has 6 nitrogen and oxygen atoms in total. The number of nitrogens with two attached hydrogens (primary N) is 1. The predicted octanol–water partition coefficient (Wildman–Crippen LogP) is 1.24. The number of primary amides is 1. The molecule has 0 bridgehead atoms. The average Bonchev–Trinajstić information content (AvgIpc) is 2.45. The van der Waals surface area contributed by atoms with Crippen molar-refractivity contribution in [3.63, 3.8) is 0 Å². The third-order valence-corrected chi connectivity index (χ3v) is 3.65. The number of halogens is 1. The monoisotopic (exact) mass is 354 g/mol.